The first kappa shape index (κ1) is 13.4. The van der Waals surface area contributed by atoms with Gasteiger partial charge in [0.15, 0.2) is 5.84 Å². The monoisotopic (exact) mass is 262 g/mol. The molecule has 1 atom stereocenters. The second kappa shape index (κ2) is 6.19. The highest BCUT2D eigenvalue weighted by molar-refractivity contribution is 5.97. The molecule has 6 heteroatoms. The van der Waals surface area contributed by atoms with Gasteiger partial charge in [-0.15, -0.1) is 0 Å². The summed E-state index contributed by atoms with van der Waals surface area (Å²) in [5.74, 6) is 0.382. The molecule has 19 heavy (non-hydrogen) atoms. The van der Waals surface area contributed by atoms with Crippen molar-refractivity contribution < 1.29 is 9.63 Å². The summed E-state index contributed by atoms with van der Waals surface area (Å²) in [6.07, 6.45) is 0.911. The fourth-order valence-corrected chi connectivity index (χ4v) is 1.77. The molecule has 0 radical (unpaired) electrons. The first-order valence-corrected chi connectivity index (χ1v) is 6.17. The van der Waals surface area contributed by atoms with E-state index in [0.29, 0.717) is 12.4 Å². The second-order valence-corrected chi connectivity index (χ2v) is 4.37. The summed E-state index contributed by atoms with van der Waals surface area (Å²) < 4.78 is 0. The molecule has 1 aromatic carbocycles. The number of amidine groups is 1. The lowest BCUT2D eigenvalue weighted by Crippen LogP contribution is -2.52. The summed E-state index contributed by atoms with van der Waals surface area (Å²) >= 11 is 0. The van der Waals surface area contributed by atoms with E-state index in [2.05, 4.69) is 20.6 Å². The molecule has 0 aliphatic carbocycles. The molecule has 1 aliphatic heterocycles. The molecule has 1 heterocycles. The van der Waals surface area contributed by atoms with E-state index in [0.717, 1.165) is 24.1 Å². The first-order chi connectivity index (χ1) is 9.20. The minimum atomic E-state index is -0.0243. The van der Waals surface area contributed by atoms with Gasteiger partial charge >= 0.3 is 0 Å². The van der Waals surface area contributed by atoms with Crippen LogP contribution in [0.4, 0.5) is 0 Å². The zero-order valence-corrected chi connectivity index (χ0v) is 10.8. The maximum absolute atomic E-state index is 11.6. The number of carbonyl (C=O) groups excluding carboxylic acids is 1. The Kier molecular flexibility index (Phi) is 4.35. The normalized spacial score (nSPS) is 18.6. The lowest BCUT2D eigenvalue weighted by molar-refractivity contribution is -0.124. The first-order valence-electron chi connectivity index (χ1n) is 6.17. The molecule has 1 aromatic rings. The molecule has 0 spiro atoms. The number of hydrogen-bond acceptors (Lipinski definition) is 4. The van der Waals surface area contributed by atoms with Gasteiger partial charge in [-0.05, 0) is 18.5 Å². The van der Waals surface area contributed by atoms with E-state index in [9.17, 15) is 4.79 Å². The summed E-state index contributed by atoms with van der Waals surface area (Å²) in [6, 6.07) is 7.48. The van der Waals surface area contributed by atoms with Crippen molar-refractivity contribution >= 4 is 11.7 Å². The van der Waals surface area contributed by atoms with Gasteiger partial charge in [0.2, 0.25) is 5.91 Å². The summed E-state index contributed by atoms with van der Waals surface area (Å²) in [7, 11) is 1.45. The van der Waals surface area contributed by atoms with Crippen LogP contribution in [0.3, 0.4) is 0 Å². The van der Waals surface area contributed by atoms with Gasteiger partial charge in [-0.2, -0.15) is 0 Å². The number of benzene rings is 1. The van der Waals surface area contributed by atoms with Crippen LogP contribution in [0.2, 0.25) is 0 Å². The van der Waals surface area contributed by atoms with Crippen LogP contribution in [0, 0.1) is 0 Å². The van der Waals surface area contributed by atoms with Gasteiger partial charge in [0.05, 0.1) is 6.04 Å². The van der Waals surface area contributed by atoms with Gasteiger partial charge in [-0.3, -0.25) is 4.79 Å². The fraction of sp³-hybridized carbons (Fsp3) is 0.385. The Hall–Kier alpha value is -2.08. The smallest absolute Gasteiger partial charge is 0.237 e. The molecule has 4 N–H and O–H groups in total. The summed E-state index contributed by atoms with van der Waals surface area (Å²) in [6.45, 7) is 1.43. The predicted molar refractivity (Wildman–Crippen MR) is 72.4 cm³/mol. The van der Waals surface area contributed by atoms with Gasteiger partial charge in [0.25, 0.3) is 0 Å². The van der Waals surface area contributed by atoms with Crippen molar-refractivity contribution in [3.63, 3.8) is 0 Å². The Labute approximate surface area is 112 Å². The number of hydrogen-bond donors (Lipinski definition) is 3. The molecule has 0 aromatic heterocycles. The Morgan fingerprint density at radius 2 is 2.21 bits per heavy atom. The van der Waals surface area contributed by atoms with Gasteiger partial charge in [-0.25, -0.2) is 0 Å². The molecular weight excluding hydrogens is 244 g/mol. The highest BCUT2D eigenvalue weighted by Crippen LogP contribution is 2.06. The highest BCUT2D eigenvalue weighted by atomic mass is 16.6. The third kappa shape index (κ3) is 3.45. The Morgan fingerprint density at radius 1 is 1.53 bits per heavy atom. The number of carbonyl (C=O) groups is 1. The third-order valence-corrected chi connectivity index (χ3v) is 3.05. The van der Waals surface area contributed by atoms with E-state index in [-0.39, 0.29) is 11.9 Å². The SMILES string of the molecule is CO/N=C(\N)c1ccc(CNC(=O)C2CCN2)cc1. The minimum absolute atomic E-state index is 0.0243. The number of oxime groups is 1. The van der Waals surface area contributed by atoms with Crippen molar-refractivity contribution in [2.45, 2.75) is 19.0 Å². The fourth-order valence-electron chi connectivity index (χ4n) is 1.77. The molecule has 1 fully saturated rings. The molecule has 1 aliphatic rings. The molecule has 1 unspecified atom stereocenters. The second-order valence-electron chi connectivity index (χ2n) is 4.37. The van der Waals surface area contributed by atoms with Crippen LogP contribution in [-0.2, 0) is 16.2 Å². The van der Waals surface area contributed by atoms with E-state index in [4.69, 9.17) is 5.73 Å². The molecule has 0 saturated carbocycles. The van der Waals surface area contributed by atoms with Gasteiger partial charge in [0.1, 0.15) is 7.11 Å². The van der Waals surface area contributed by atoms with E-state index >= 15 is 0 Å². The van der Waals surface area contributed by atoms with Crippen LogP contribution in [0.15, 0.2) is 29.4 Å². The summed E-state index contributed by atoms with van der Waals surface area (Å²) in [5.41, 5.74) is 7.49. The topological polar surface area (TPSA) is 88.7 Å². The van der Waals surface area contributed by atoms with E-state index in [1.54, 1.807) is 0 Å². The molecular formula is C13H18N4O2. The lowest BCUT2D eigenvalue weighted by atomic mass is 10.1. The van der Waals surface area contributed by atoms with Gasteiger partial charge in [-0.1, -0.05) is 29.4 Å². The van der Waals surface area contributed by atoms with Crippen LogP contribution >= 0.6 is 0 Å². The van der Waals surface area contributed by atoms with Crippen LogP contribution in [0.25, 0.3) is 0 Å². The van der Waals surface area contributed by atoms with Crippen molar-refractivity contribution in [1.82, 2.24) is 10.6 Å². The van der Waals surface area contributed by atoms with E-state index < -0.39 is 0 Å². The summed E-state index contributed by atoms with van der Waals surface area (Å²) in [4.78, 5) is 16.2. The quantitative estimate of drug-likeness (QED) is 0.394. The highest BCUT2D eigenvalue weighted by Gasteiger charge is 2.23. The molecule has 2 rings (SSSR count). The van der Waals surface area contributed by atoms with Crippen molar-refractivity contribution in [2.75, 3.05) is 13.7 Å². The number of nitrogens with one attached hydrogen (secondary N) is 2. The molecule has 6 nitrogen and oxygen atoms in total. The van der Waals surface area contributed by atoms with Crippen molar-refractivity contribution in [3.8, 4) is 0 Å². The van der Waals surface area contributed by atoms with E-state index in [1.807, 2.05) is 24.3 Å². The summed E-state index contributed by atoms with van der Waals surface area (Å²) in [5, 5.41) is 9.61. The maximum atomic E-state index is 11.6. The van der Waals surface area contributed by atoms with Gasteiger partial charge in [0, 0.05) is 12.1 Å². The predicted octanol–water partition coefficient (Wildman–Crippen LogP) is -0.0686. The lowest BCUT2D eigenvalue weighted by Gasteiger charge is -2.26. The van der Waals surface area contributed by atoms with Crippen molar-refractivity contribution in [1.29, 1.82) is 0 Å². The number of amides is 1. The van der Waals surface area contributed by atoms with Crippen LogP contribution < -0.4 is 16.4 Å². The number of rotatable bonds is 5. The molecule has 0 bridgehead atoms. The minimum Gasteiger partial charge on any atom is -0.397 e. The zero-order valence-electron chi connectivity index (χ0n) is 10.8. The number of nitrogens with two attached hydrogens (primary N) is 1. The van der Waals surface area contributed by atoms with Crippen LogP contribution in [0.5, 0.6) is 0 Å². The average Bonchev–Trinajstić information content (AvgIpc) is 2.35. The van der Waals surface area contributed by atoms with Crippen molar-refractivity contribution in [3.05, 3.63) is 35.4 Å². The average molecular weight is 262 g/mol. The largest absolute Gasteiger partial charge is 0.397 e. The molecule has 102 valence electrons. The van der Waals surface area contributed by atoms with Gasteiger partial charge < -0.3 is 21.2 Å². The standard InChI is InChI=1S/C13H18N4O2/c1-19-17-12(14)10-4-2-9(3-5-10)8-16-13(18)11-6-7-15-11/h2-5,11,15H,6-8H2,1H3,(H2,14,17)(H,16,18). The van der Waals surface area contributed by atoms with Crippen molar-refractivity contribution in [2.24, 2.45) is 10.9 Å². The zero-order chi connectivity index (χ0) is 13.7. The maximum Gasteiger partial charge on any atom is 0.237 e. The molecule has 1 saturated heterocycles. The van der Waals surface area contributed by atoms with Crippen LogP contribution in [-0.4, -0.2) is 31.4 Å². The Bertz CT molecular complexity index is 466. The molecule has 1 amide bonds. The third-order valence-electron chi connectivity index (χ3n) is 3.05. The Balaban J connectivity index is 1.88. The Morgan fingerprint density at radius 3 is 2.74 bits per heavy atom. The van der Waals surface area contributed by atoms with E-state index in [1.165, 1.54) is 7.11 Å². The number of nitrogens with zero attached hydrogens (tertiary/aromatic N) is 1. The van der Waals surface area contributed by atoms with Crippen LogP contribution in [0.1, 0.15) is 17.5 Å².